The van der Waals surface area contributed by atoms with Gasteiger partial charge in [0.2, 0.25) is 5.91 Å². The van der Waals surface area contributed by atoms with Gasteiger partial charge in [-0.1, -0.05) is 15.9 Å². The zero-order valence-electron chi connectivity index (χ0n) is 11.2. The van der Waals surface area contributed by atoms with Crippen LogP contribution < -0.4 is 10.1 Å². The van der Waals surface area contributed by atoms with Crippen LogP contribution in [0.25, 0.3) is 0 Å². The van der Waals surface area contributed by atoms with E-state index < -0.39 is 0 Å². The van der Waals surface area contributed by atoms with E-state index in [1.165, 1.54) is 0 Å². The number of hydrogen-bond donors (Lipinski definition) is 1. The van der Waals surface area contributed by atoms with Gasteiger partial charge >= 0.3 is 0 Å². The number of ether oxygens (including phenoxy) is 1. The molecule has 18 heavy (non-hydrogen) atoms. The van der Waals surface area contributed by atoms with E-state index in [4.69, 9.17) is 4.74 Å². The van der Waals surface area contributed by atoms with Crippen molar-refractivity contribution in [3.05, 3.63) is 28.2 Å². The molecule has 0 aliphatic carbocycles. The Bertz CT molecular complexity index is 421. The molecule has 1 aromatic carbocycles. The Morgan fingerprint density at radius 2 is 2.17 bits per heavy atom. The van der Waals surface area contributed by atoms with Crippen LogP contribution in [0.1, 0.15) is 12.5 Å². The standard InChI is InChI=1S/C13H19BrN2O2/c1-9(13(17)16(2)3)15-8-10-7-11(14)5-6-12(10)18-4/h5-7,9,15H,8H2,1-4H3. The smallest absolute Gasteiger partial charge is 0.238 e. The number of hydrogen-bond acceptors (Lipinski definition) is 3. The fourth-order valence-corrected chi connectivity index (χ4v) is 2.03. The van der Waals surface area contributed by atoms with Crippen molar-refractivity contribution in [3.63, 3.8) is 0 Å². The van der Waals surface area contributed by atoms with Gasteiger partial charge < -0.3 is 15.0 Å². The molecule has 0 radical (unpaired) electrons. The zero-order valence-corrected chi connectivity index (χ0v) is 12.7. The van der Waals surface area contributed by atoms with Crippen molar-refractivity contribution in [3.8, 4) is 5.75 Å². The minimum atomic E-state index is -0.219. The van der Waals surface area contributed by atoms with Crippen LogP contribution in [-0.4, -0.2) is 38.1 Å². The highest BCUT2D eigenvalue weighted by Gasteiger charge is 2.14. The van der Waals surface area contributed by atoms with Crippen molar-refractivity contribution in [1.29, 1.82) is 0 Å². The summed E-state index contributed by atoms with van der Waals surface area (Å²) < 4.78 is 6.28. The average molecular weight is 315 g/mol. The summed E-state index contributed by atoms with van der Waals surface area (Å²) in [5.41, 5.74) is 1.02. The number of carbonyl (C=O) groups excluding carboxylic acids is 1. The molecular weight excluding hydrogens is 296 g/mol. The molecule has 0 saturated heterocycles. The number of nitrogens with zero attached hydrogens (tertiary/aromatic N) is 1. The van der Waals surface area contributed by atoms with E-state index in [0.29, 0.717) is 6.54 Å². The molecule has 1 atom stereocenters. The molecule has 0 aliphatic rings. The molecule has 1 amide bonds. The highest BCUT2D eigenvalue weighted by molar-refractivity contribution is 9.10. The third-order valence-corrected chi connectivity index (χ3v) is 3.15. The van der Waals surface area contributed by atoms with E-state index in [9.17, 15) is 4.79 Å². The summed E-state index contributed by atoms with van der Waals surface area (Å²) in [6.45, 7) is 2.44. The monoisotopic (exact) mass is 314 g/mol. The van der Waals surface area contributed by atoms with Gasteiger partial charge in [-0.15, -0.1) is 0 Å². The van der Waals surface area contributed by atoms with E-state index >= 15 is 0 Å². The molecule has 1 N–H and O–H groups in total. The lowest BCUT2D eigenvalue weighted by molar-refractivity contribution is -0.130. The van der Waals surface area contributed by atoms with Crippen molar-refractivity contribution in [2.24, 2.45) is 0 Å². The molecular formula is C13H19BrN2O2. The molecule has 0 fully saturated rings. The van der Waals surface area contributed by atoms with Crippen molar-refractivity contribution < 1.29 is 9.53 Å². The van der Waals surface area contributed by atoms with Crippen molar-refractivity contribution >= 4 is 21.8 Å². The molecule has 1 aromatic rings. The summed E-state index contributed by atoms with van der Waals surface area (Å²) in [6, 6.07) is 5.60. The van der Waals surface area contributed by atoms with E-state index in [1.807, 2.05) is 25.1 Å². The number of methoxy groups -OCH3 is 1. The van der Waals surface area contributed by atoms with E-state index in [2.05, 4.69) is 21.2 Å². The lowest BCUT2D eigenvalue weighted by Crippen LogP contribution is -2.41. The van der Waals surface area contributed by atoms with Crippen molar-refractivity contribution in [2.75, 3.05) is 21.2 Å². The molecule has 5 heteroatoms. The summed E-state index contributed by atoms with van der Waals surface area (Å²) in [5.74, 6) is 0.874. The molecule has 100 valence electrons. The van der Waals surface area contributed by atoms with Crippen LogP contribution in [-0.2, 0) is 11.3 Å². The SMILES string of the molecule is COc1ccc(Br)cc1CNC(C)C(=O)N(C)C. The fraction of sp³-hybridized carbons (Fsp3) is 0.462. The third-order valence-electron chi connectivity index (χ3n) is 2.65. The van der Waals surface area contributed by atoms with Crippen LogP contribution in [0, 0.1) is 0 Å². The second kappa shape index (κ2) is 6.75. The molecule has 1 unspecified atom stereocenters. The van der Waals surface area contributed by atoms with Gasteiger partial charge in [0.15, 0.2) is 0 Å². The summed E-state index contributed by atoms with van der Waals surface area (Å²) in [5, 5.41) is 3.19. The highest BCUT2D eigenvalue weighted by atomic mass is 79.9. The summed E-state index contributed by atoms with van der Waals surface area (Å²) in [4.78, 5) is 13.3. The first-order valence-corrected chi connectivity index (χ1v) is 6.52. The molecule has 4 nitrogen and oxygen atoms in total. The molecule has 0 spiro atoms. The highest BCUT2D eigenvalue weighted by Crippen LogP contribution is 2.22. The van der Waals surface area contributed by atoms with Crippen LogP contribution >= 0.6 is 15.9 Å². The minimum absolute atomic E-state index is 0.0592. The second-order valence-corrected chi connectivity index (χ2v) is 5.21. The van der Waals surface area contributed by atoms with Gasteiger partial charge in [-0.2, -0.15) is 0 Å². The summed E-state index contributed by atoms with van der Waals surface area (Å²) >= 11 is 3.43. The minimum Gasteiger partial charge on any atom is -0.496 e. The number of benzene rings is 1. The quantitative estimate of drug-likeness (QED) is 0.904. The van der Waals surface area contributed by atoms with Gasteiger partial charge in [0.05, 0.1) is 13.2 Å². The van der Waals surface area contributed by atoms with E-state index in [-0.39, 0.29) is 11.9 Å². The van der Waals surface area contributed by atoms with Gasteiger partial charge in [0.25, 0.3) is 0 Å². The Kier molecular flexibility index (Phi) is 5.62. The van der Waals surface area contributed by atoms with Crippen LogP contribution in [0.3, 0.4) is 0 Å². The lowest BCUT2D eigenvalue weighted by atomic mass is 10.2. The maximum absolute atomic E-state index is 11.7. The first-order chi connectivity index (χ1) is 8.45. The largest absolute Gasteiger partial charge is 0.496 e. The van der Waals surface area contributed by atoms with Crippen molar-refractivity contribution in [2.45, 2.75) is 19.5 Å². The predicted molar refractivity (Wildman–Crippen MR) is 75.7 cm³/mol. The molecule has 0 aromatic heterocycles. The normalized spacial score (nSPS) is 12.1. The fourth-order valence-electron chi connectivity index (χ4n) is 1.62. The summed E-state index contributed by atoms with van der Waals surface area (Å²) in [7, 11) is 5.14. The van der Waals surface area contributed by atoms with Gasteiger partial charge in [-0.3, -0.25) is 4.79 Å². The van der Waals surface area contributed by atoms with E-state index in [0.717, 1.165) is 15.8 Å². The Hall–Kier alpha value is -1.07. The van der Waals surface area contributed by atoms with Gasteiger partial charge in [0.1, 0.15) is 5.75 Å². The maximum atomic E-state index is 11.7. The lowest BCUT2D eigenvalue weighted by Gasteiger charge is -2.18. The summed E-state index contributed by atoms with van der Waals surface area (Å²) in [6.07, 6.45) is 0. The van der Waals surface area contributed by atoms with Gasteiger partial charge in [-0.25, -0.2) is 0 Å². The number of carbonyl (C=O) groups is 1. The maximum Gasteiger partial charge on any atom is 0.238 e. The van der Waals surface area contributed by atoms with E-state index in [1.54, 1.807) is 26.1 Å². The van der Waals surface area contributed by atoms with Gasteiger partial charge in [0, 0.05) is 30.7 Å². The number of nitrogens with one attached hydrogen (secondary N) is 1. The Labute approximate surface area is 116 Å². The first kappa shape index (κ1) is 15.0. The molecule has 1 rings (SSSR count). The number of amides is 1. The molecule has 0 heterocycles. The van der Waals surface area contributed by atoms with Crippen LogP contribution in [0.4, 0.5) is 0 Å². The van der Waals surface area contributed by atoms with Crippen LogP contribution in [0.5, 0.6) is 5.75 Å². The number of rotatable bonds is 5. The predicted octanol–water partition coefficient (Wildman–Crippen LogP) is 2.02. The van der Waals surface area contributed by atoms with Crippen molar-refractivity contribution in [1.82, 2.24) is 10.2 Å². The number of halogens is 1. The third kappa shape index (κ3) is 3.99. The van der Waals surface area contributed by atoms with Gasteiger partial charge in [-0.05, 0) is 25.1 Å². The average Bonchev–Trinajstić information content (AvgIpc) is 2.35. The second-order valence-electron chi connectivity index (χ2n) is 4.29. The Morgan fingerprint density at radius 1 is 1.50 bits per heavy atom. The topological polar surface area (TPSA) is 41.6 Å². The molecule has 0 aliphatic heterocycles. The molecule has 0 bridgehead atoms. The Balaban J connectivity index is 2.68. The van der Waals surface area contributed by atoms with Crippen LogP contribution in [0.2, 0.25) is 0 Å². The first-order valence-electron chi connectivity index (χ1n) is 5.72. The number of likely N-dealkylation sites (N-methyl/N-ethyl adjacent to an activating group) is 1. The zero-order chi connectivity index (χ0) is 13.7. The van der Waals surface area contributed by atoms with Crippen LogP contribution in [0.15, 0.2) is 22.7 Å². The molecule has 0 saturated carbocycles. The Morgan fingerprint density at radius 3 is 2.72 bits per heavy atom.